The smallest absolute Gasteiger partial charge is 0.303 e. The number of anilines is 1. The largest absolute Gasteiger partial charge is 0.481 e. The van der Waals surface area contributed by atoms with Crippen molar-refractivity contribution in [3.8, 4) is 0 Å². The minimum Gasteiger partial charge on any atom is -0.481 e. The van der Waals surface area contributed by atoms with Crippen molar-refractivity contribution in [1.82, 2.24) is 0 Å². The van der Waals surface area contributed by atoms with Gasteiger partial charge in [0.1, 0.15) is 0 Å². The zero-order valence-corrected chi connectivity index (χ0v) is 11.4. The van der Waals surface area contributed by atoms with Crippen molar-refractivity contribution < 1.29 is 9.90 Å². The summed E-state index contributed by atoms with van der Waals surface area (Å²) in [4.78, 5) is 13.2. The summed E-state index contributed by atoms with van der Waals surface area (Å²) in [6.45, 7) is 8.08. The summed E-state index contributed by atoms with van der Waals surface area (Å²) in [6, 6.07) is 6.47. The van der Waals surface area contributed by atoms with Gasteiger partial charge in [-0.1, -0.05) is 13.0 Å². The van der Waals surface area contributed by atoms with Crippen LogP contribution in [0.3, 0.4) is 0 Å². The summed E-state index contributed by atoms with van der Waals surface area (Å²) in [5, 5.41) is 8.96. The van der Waals surface area contributed by atoms with Crippen molar-refractivity contribution in [1.29, 1.82) is 0 Å². The van der Waals surface area contributed by atoms with Crippen LogP contribution in [0.2, 0.25) is 0 Å². The summed E-state index contributed by atoms with van der Waals surface area (Å²) >= 11 is 0. The minimum absolute atomic E-state index is 0.0926. The van der Waals surface area contributed by atoms with Crippen LogP contribution in [0, 0.1) is 19.3 Å². The number of hydrogen-bond acceptors (Lipinski definition) is 2. The fraction of sp³-hybridized carbons (Fsp3) is 0.533. The zero-order valence-electron chi connectivity index (χ0n) is 11.4. The lowest BCUT2D eigenvalue weighted by atomic mass is 9.86. The Balaban J connectivity index is 2.12. The molecule has 0 radical (unpaired) electrons. The molecule has 0 saturated carbocycles. The monoisotopic (exact) mass is 247 g/mol. The minimum atomic E-state index is -0.695. The molecule has 18 heavy (non-hydrogen) atoms. The highest BCUT2D eigenvalue weighted by molar-refractivity contribution is 5.68. The molecule has 1 N–H and O–H groups in total. The Kier molecular flexibility index (Phi) is 3.33. The number of carbonyl (C=O) groups is 1. The molecular weight excluding hydrogens is 226 g/mol. The Labute approximate surface area is 108 Å². The molecule has 0 bridgehead atoms. The van der Waals surface area contributed by atoms with Crippen LogP contribution in [0.15, 0.2) is 18.2 Å². The second-order valence-electron chi connectivity index (χ2n) is 5.82. The summed E-state index contributed by atoms with van der Waals surface area (Å²) in [6.07, 6.45) is 1.21. The molecule has 1 fully saturated rings. The van der Waals surface area contributed by atoms with Crippen molar-refractivity contribution in [3.05, 3.63) is 29.3 Å². The first-order valence-corrected chi connectivity index (χ1v) is 6.44. The highest BCUT2D eigenvalue weighted by Crippen LogP contribution is 2.36. The average Bonchev–Trinajstić information content (AvgIpc) is 2.63. The number of nitrogens with zero attached hydrogens (tertiary/aromatic N) is 1. The second-order valence-corrected chi connectivity index (χ2v) is 5.82. The van der Waals surface area contributed by atoms with Crippen molar-refractivity contribution in [2.75, 3.05) is 18.0 Å². The lowest BCUT2D eigenvalue weighted by Gasteiger charge is -2.24. The molecule has 0 amide bonds. The molecule has 3 heteroatoms. The topological polar surface area (TPSA) is 40.5 Å². The van der Waals surface area contributed by atoms with Crippen LogP contribution in [0.5, 0.6) is 0 Å². The third-order valence-electron chi connectivity index (χ3n) is 3.99. The van der Waals surface area contributed by atoms with E-state index in [0.717, 1.165) is 19.5 Å². The number of aryl methyl sites for hydroxylation is 2. The molecule has 1 aliphatic heterocycles. The van der Waals surface area contributed by atoms with Crippen molar-refractivity contribution in [3.63, 3.8) is 0 Å². The van der Waals surface area contributed by atoms with Gasteiger partial charge in [-0.05, 0) is 48.9 Å². The molecule has 1 unspecified atom stereocenters. The van der Waals surface area contributed by atoms with E-state index in [1.165, 1.54) is 16.8 Å². The third kappa shape index (κ3) is 2.66. The molecule has 1 heterocycles. The highest BCUT2D eigenvalue weighted by Gasteiger charge is 2.35. The van der Waals surface area contributed by atoms with Gasteiger partial charge in [0.25, 0.3) is 0 Å². The Morgan fingerprint density at radius 1 is 1.39 bits per heavy atom. The van der Waals surface area contributed by atoms with Gasteiger partial charge in [-0.2, -0.15) is 0 Å². The molecule has 0 spiro atoms. The van der Waals surface area contributed by atoms with Crippen LogP contribution < -0.4 is 4.90 Å². The zero-order chi connectivity index (χ0) is 13.3. The quantitative estimate of drug-likeness (QED) is 0.892. The average molecular weight is 247 g/mol. The number of carboxylic acid groups (broad SMARTS) is 1. The first-order valence-electron chi connectivity index (χ1n) is 6.44. The van der Waals surface area contributed by atoms with E-state index < -0.39 is 5.97 Å². The lowest BCUT2D eigenvalue weighted by molar-refractivity contribution is -0.139. The number of hydrogen-bond donors (Lipinski definition) is 1. The fourth-order valence-electron chi connectivity index (χ4n) is 2.68. The van der Waals surface area contributed by atoms with Gasteiger partial charge in [-0.25, -0.2) is 0 Å². The molecule has 2 rings (SSSR count). The van der Waals surface area contributed by atoms with Crippen LogP contribution in [0.25, 0.3) is 0 Å². The number of carboxylic acids is 1. The van der Waals surface area contributed by atoms with Gasteiger partial charge >= 0.3 is 5.97 Å². The summed E-state index contributed by atoms with van der Waals surface area (Å²) < 4.78 is 0. The maximum Gasteiger partial charge on any atom is 0.303 e. The summed E-state index contributed by atoms with van der Waals surface area (Å²) in [7, 11) is 0. The van der Waals surface area contributed by atoms with Gasteiger partial charge in [0.2, 0.25) is 0 Å². The second kappa shape index (κ2) is 4.63. The Bertz CT molecular complexity index is 470. The van der Waals surface area contributed by atoms with Crippen LogP contribution in [-0.2, 0) is 4.79 Å². The van der Waals surface area contributed by atoms with Gasteiger partial charge in [-0.15, -0.1) is 0 Å². The normalized spacial score (nSPS) is 23.4. The standard InChI is InChI=1S/C15H21NO2/c1-11-4-5-13(8-12(11)2)16-7-6-15(3,10-16)9-14(17)18/h4-5,8H,6-7,9-10H2,1-3H3,(H,17,18). The maximum atomic E-state index is 10.9. The molecule has 0 aromatic heterocycles. The number of aliphatic carboxylic acids is 1. The molecule has 1 aliphatic rings. The molecule has 1 atom stereocenters. The lowest BCUT2D eigenvalue weighted by Crippen LogP contribution is -2.26. The highest BCUT2D eigenvalue weighted by atomic mass is 16.4. The molecule has 1 saturated heterocycles. The summed E-state index contributed by atoms with van der Waals surface area (Å²) in [5.74, 6) is -0.695. The van der Waals surface area contributed by atoms with Crippen LogP contribution in [0.1, 0.15) is 30.9 Å². The molecule has 1 aromatic carbocycles. The summed E-state index contributed by atoms with van der Waals surface area (Å²) in [5.41, 5.74) is 3.71. The van der Waals surface area contributed by atoms with Gasteiger partial charge in [-0.3, -0.25) is 4.79 Å². The fourth-order valence-corrected chi connectivity index (χ4v) is 2.68. The van der Waals surface area contributed by atoms with E-state index in [1.54, 1.807) is 0 Å². The van der Waals surface area contributed by atoms with E-state index in [-0.39, 0.29) is 11.8 Å². The Hall–Kier alpha value is -1.51. The molecule has 3 nitrogen and oxygen atoms in total. The first kappa shape index (κ1) is 12.9. The van der Waals surface area contributed by atoms with Gasteiger partial charge in [0.05, 0.1) is 6.42 Å². The Morgan fingerprint density at radius 2 is 2.11 bits per heavy atom. The van der Waals surface area contributed by atoms with E-state index in [1.807, 2.05) is 0 Å². The molecule has 1 aromatic rings. The molecule has 98 valence electrons. The Morgan fingerprint density at radius 3 is 2.72 bits per heavy atom. The van der Waals surface area contributed by atoms with E-state index in [0.29, 0.717) is 0 Å². The predicted octanol–water partition coefficient (Wildman–Crippen LogP) is 2.99. The number of rotatable bonds is 3. The van der Waals surface area contributed by atoms with Gasteiger partial charge in [0, 0.05) is 18.8 Å². The first-order chi connectivity index (χ1) is 8.39. The molecule has 0 aliphatic carbocycles. The SMILES string of the molecule is Cc1ccc(N2CCC(C)(CC(=O)O)C2)cc1C. The van der Waals surface area contributed by atoms with Crippen molar-refractivity contribution >= 4 is 11.7 Å². The van der Waals surface area contributed by atoms with Crippen molar-refractivity contribution in [2.45, 2.75) is 33.6 Å². The van der Waals surface area contributed by atoms with E-state index >= 15 is 0 Å². The predicted molar refractivity (Wildman–Crippen MR) is 73.1 cm³/mol. The van der Waals surface area contributed by atoms with Crippen LogP contribution in [0.4, 0.5) is 5.69 Å². The van der Waals surface area contributed by atoms with E-state index in [2.05, 4.69) is 43.9 Å². The number of benzene rings is 1. The third-order valence-corrected chi connectivity index (χ3v) is 3.99. The van der Waals surface area contributed by atoms with Crippen molar-refractivity contribution in [2.24, 2.45) is 5.41 Å². The maximum absolute atomic E-state index is 10.9. The van der Waals surface area contributed by atoms with E-state index in [9.17, 15) is 4.79 Å². The van der Waals surface area contributed by atoms with Gasteiger partial charge in [0.15, 0.2) is 0 Å². The molecular formula is C15H21NO2. The van der Waals surface area contributed by atoms with Gasteiger partial charge < -0.3 is 10.0 Å². The van der Waals surface area contributed by atoms with Crippen LogP contribution >= 0.6 is 0 Å². The van der Waals surface area contributed by atoms with E-state index in [4.69, 9.17) is 5.11 Å². The van der Waals surface area contributed by atoms with Crippen LogP contribution in [-0.4, -0.2) is 24.2 Å².